The summed E-state index contributed by atoms with van der Waals surface area (Å²) in [6.45, 7) is 7.54. The molecule has 0 bridgehead atoms. The van der Waals surface area contributed by atoms with E-state index in [1.165, 1.54) is 37.1 Å². The van der Waals surface area contributed by atoms with Gasteiger partial charge in [-0.3, -0.25) is 9.89 Å². The van der Waals surface area contributed by atoms with Crippen LogP contribution in [-0.2, 0) is 4.79 Å². The molecule has 1 aliphatic heterocycles. The number of hydrogen-bond acceptors (Lipinski definition) is 3. The first-order valence-corrected chi connectivity index (χ1v) is 8.77. The van der Waals surface area contributed by atoms with Gasteiger partial charge in [-0.25, -0.2) is 0 Å². The summed E-state index contributed by atoms with van der Waals surface area (Å²) in [5.74, 6) is 0.632. The van der Waals surface area contributed by atoms with E-state index in [0.29, 0.717) is 12.2 Å². The van der Waals surface area contributed by atoms with Crippen LogP contribution >= 0.6 is 0 Å². The highest BCUT2D eigenvalue weighted by atomic mass is 16.1. The quantitative estimate of drug-likeness (QED) is 0.854. The molecule has 2 N–H and O–H groups in total. The molecule has 1 saturated heterocycles. The van der Waals surface area contributed by atoms with Crippen LogP contribution in [0.1, 0.15) is 36.8 Å². The number of nitrogens with zero attached hydrogens (tertiary/aromatic N) is 2. The molecule has 2 aromatic rings. The molecule has 1 fully saturated rings. The summed E-state index contributed by atoms with van der Waals surface area (Å²) < 4.78 is 0. The molecular weight excluding hydrogens is 300 g/mol. The zero-order valence-electron chi connectivity index (χ0n) is 14.6. The van der Waals surface area contributed by atoms with Gasteiger partial charge in [-0.05, 0) is 63.9 Å². The zero-order chi connectivity index (χ0) is 16.9. The first-order chi connectivity index (χ1) is 11.6. The number of carbonyl (C=O) groups excluding carboxylic acids is 1. The van der Waals surface area contributed by atoms with Gasteiger partial charge in [-0.15, -0.1) is 0 Å². The van der Waals surface area contributed by atoms with E-state index < -0.39 is 0 Å². The highest BCUT2D eigenvalue weighted by molar-refractivity contribution is 5.90. The molecule has 1 amide bonds. The van der Waals surface area contributed by atoms with E-state index in [-0.39, 0.29) is 5.91 Å². The first-order valence-electron chi connectivity index (χ1n) is 8.77. The Morgan fingerprint density at radius 2 is 1.96 bits per heavy atom. The summed E-state index contributed by atoms with van der Waals surface area (Å²) in [6, 6.07) is 8.13. The van der Waals surface area contributed by atoms with Gasteiger partial charge in [0, 0.05) is 18.1 Å². The van der Waals surface area contributed by atoms with Gasteiger partial charge in [0.25, 0.3) is 0 Å². The highest BCUT2D eigenvalue weighted by Crippen LogP contribution is 2.26. The Morgan fingerprint density at radius 1 is 1.25 bits per heavy atom. The van der Waals surface area contributed by atoms with Gasteiger partial charge < -0.3 is 10.2 Å². The summed E-state index contributed by atoms with van der Waals surface area (Å²) in [5, 5.41) is 10.2. The second-order valence-corrected chi connectivity index (χ2v) is 6.63. The number of rotatable bonds is 6. The Labute approximate surface area is 143 Å². The van der Waals surface area contributed by atoms with Crippen LogP contribution in [0.3, 0.4) is 0 Å². The van der Waals surface area contributed by atoms with Crippen LogP contribution in [0.5, 0.6) is 0 Å². The van der Waals surface area contributed by atoms with Crippen molar-refractivity contribution in [3.63, 3.8) is 0 Å². The van der Waals surface area contributed by atoms with E-state index in [0.717, 1.165) is 24.2 Å². The number of carbonyl (C=O) groups is 1. The van der Waals surface area contributed by atoms with Crippen LogP contribution in [0.15, 0.2) is 24.3 Å². The van der Waals surface area contributed by atoms with Crippen molar-refractivity contribution in [3.05, 3.63) is 35.4 Å². The number of hydrogen-bond donors (Lipinski definition) is 2. The SMILES string of the molecule is Cc1cccc(C)c1-c1cc(NC(=O)CCCN2CCCC2)n[nH]1. The molecule has 1 aliphatic rings. The number of aryl methyl sites for hydroxylation is 2. The van der Waals surface area contributed by atoms with Crippen molar-refractivity contribution in [2.45, 2.75) is 39.5 Å². The third kappa shape index (κ3) is 4.03. The number of H-pyrrole nitrogens is 1. The Hall–Kier alpha value is -2.14. The molecule has 0 aliphatic carbocycles. The number of nitrogens with one attached hydrogen (secondary N) is 2. The Kier molecular flexibility index (Phi) is 5.30. The van der Waals surface area contributed by atoms with Crippen LogP contribution in [0, 0.1) is 13.8 Å². The number of benzene rings is 1. The summed E-state index contributed by atoms with van der Waals surface area (Å²) in [7, 11) is 0. The fraction of sp³-hybridized carbons (Fsp3) is 0.474. The molecule has 128 valence electrons. The lowest BCUT2D eigenvalue weighted by atomic mass is 10.0. The zero-order valence-corrected chi connectivity index (χ0v) is 14.6. The lowest BCUT2D eigenvalue weighted by molar-refractivity contribution is -0.116. The monoisotopic (exact) mass is 326 g/mol. The minimum absolute atomic E-state index is 0.0359. The molecule has 1 aromatic carbocycles. The molecule has 5 nitrogen and oxygen atoms in total. The van der Waals surface area contributed by atoms with Gasteiger partial charge in [0.15, 0.2) is 5.82 Å². The maximum Gasteiger partial charge on any atom is 0.225 e. The van der Waals surface area contributed by atoms with E-state index in [2.05, 4.69) is 46.4 Å². The highest BCUT2D eigenvalue weighted by Gasteiger charge is 2.13. The fourth-order valence-electron chi connectivity index (χ4n) is 3.43. The van der Waals surface area contributed by atoms with Crippen LogP contribution in [-0.4, -0.2) is 40.6 Å². The van der Waals surface area contributed by atoms with Crippen molar-refractivity contribution in [2.75, 3.05) is 25.0 Å². The van der Waals surface area contributed by atoms with Crippen molar-refractivity contribution in [3.8, 4) is 11.3 Å². The molecule has 0 atom stereocenters. The summed E-state index contributed by atoms with van der Waals surface area (Å²) >= 11 is 0. The third-order valence-corrected chi connectivity index (χ3v) is 4.67. The second-order valence-electron chi connectivity index (χ2n) is 6.63. The van der Waals surface area contributed by atoms with E-state index >= 15 is 0 Å². The van der Waals surface area contributed by atoms with Gasteiger partial charge in [0.05, 0.1) is 5.69 Å². The van der Waals surface area contributed by atoms with Crippen molar-refractivity contribution in [2.24, 2.45) is 0 Å². The molecule has 0 saturated carbocycles. The first kappa shape index (κ1) is 16.7. The summed E-state index contributed by atoms with van der Waals surface area (Å²) in [5.41, 5.74) is 4.49. The molecule has 0 spiro atoms. The van der Waals surface area contributed by atoms with Crippen molar-refractivity contribution < 1.29 is 4.79 Å². The van der Waals surface area contributed by atoms with E-state index in [1.54, 1.807) is 0 Å². The maximum absolute atomic E-state index is 12.1. The third-order valence-electron chi connectivity index (χ3n) is 4.67. The smallest absolute Gasteiger partial charge is 0.225 e. The normalized spacial score (nSPS) is 14.9. The van der Waals surface area contributed by atoms with E-state index in [1.807, 2.05) is 12.1 Å². The Balaban J connectivity index is 1.54. The van der Waals surface area contributed by atoms with Crippen LogP contribution in [0.4, 0.5) is 5.82 Å². The van der Waals surface area contributed by atoms with Crippen molar-refractivity contribution in [1.29, 1.82) is 0 Å². The van der Waals surface area contributed by atoms with Gasteiger partial charge in [0.1, 0.15) is 0 Å². The molecule has 24 heavy (non-hydrogen) atoms. The minimum Gasteiger partial charge on any atom is -0.309 e. The molecular formula is C19H26N4O. The molecule has 1 aromatic heterocycles. The average Bonchev–Trinajstić information content (AvgIpc) is 3.19. The van der Waals surface area contributed by atoms with Crippen LogP contribution in [0.25, 0.3) is 11.3 Å². The topological polar surface area (TPSA) is 61.0 Å². The lowest BCUT2D eigenvalue weighted by Crippen LogP contribution is -2.22. The van der Waals surface area contributed by atoms with Gasteiger partial charge in [-0.1, -0.05) is 18.2 Å². The average molecular weight is 326 g/mol. The predicted molar refractivity (Wildman–Crippen MR) is 97.0 cm³/mol. The van der Waals surface area contributed by atoms with Gasteiger partial charge >= 0.3 is 0 Å². The summed E-state index contributed by atoms with van der Waals surface area (Å²) in [4.78, 5) is 14.5. The standard InChI is InChI=1S/C19H26N4O/c1-14-7-5-8-15(2)19(14)16-13-17(22-21-16)20-18(24)9-6-12-23-10-3-4-11-23/h5,7-8,13H,3-4,6,9-12H2,1-2H3,(H2,20,21,22,24). The lowest BCUT2D eigenvalue weighted by Gasteiger charge is -2.13. The minimum atomic E-state index is 0.0359. The Morgan fingerprint density at radius 3 is 2.67 bits per heavy atom. The Bertz CT molecular complexity index is 681. The van der Waals surface area contributed by atoms with Crippen molar-refractivity contribution >= 4 is 11.7 Å². The molecule has 3 rings (SSSR count). The maximum atomic E-state index is 12.1. The number of anilines is 1. The predicted octanol–water partition coefficient (Wildman–Crippen LogP) is 3.51. The van der Waals surface area contributed by atoms with E-state index in [9.17, 15) is 4.79 Å². The van der Waals surface area contributed by atoms with E-state index in [4.69, 9.17) is 0 Å². The largest absolute Gasteiger partial charge is 0.309 e. The number of likely N-dealkylation sites (tertiary alicyclic amines) is 1. The fourth-order valence-corrected chi connectivity index (χ4v) is 3.43. The number of amides is 1. The second kappa shape index (κ2) is 7.62. The van der Waals surface area contributed by atoms with Crippen molar-refractivity contribution in [1.82, 2.24) is 15.1 Å². The molecule has 5 heteroatoms. The van der Waals surface area contributed by atoms with Gasteiger partial charge in [-0.2, -0.15) is 5.10 Å². The number of aromatic amines is 1. The van der Waals surface area contributed by atoms with Crippen LogP contribution in [0.2, 0.25) is 0 Å². The van der Waals surface area contributed by atoms with Gasteiger partial charge in [0.2, 0.25) is 5.91 Å². The van der Waals surface area contributed by atoms with Crippen LogP contribution < -0.4 is 5.32 Å². The number of aromatic nitrogens is 2. The molecule has 0 radical (unpaired) electrons. The molecule has 2 heterocycles. The molecule has 0 unspecified atom stereocenters. The summed E-state index contributed by atoms with van der Waals surface area (Å²) in [6.07, 6.45) is 4.03.